The van der Waals surface area contributed by atoms with Crippen molar-refractivity contribution in [3.63, 3.8) is 0 Å². The summed E-state index contributed by atoms with van der Waals surface area (Å²) in [6.45, 7) is 0.498. The first kappa shape index (κ1) is 14.1. The van der Waals surface area contributed by atoms with Gasteiger partial charge in [-0.3, -0.25) is 4.79 Å². The molecule has 0 radical (unpaired) electrons. The van der Waals surface area contributed by atoms with Crippen LogP contribution in [-0.4, -0.2) is 30.0 Å². The number of aromatic nitrogens is 2. The maximum Gasteiger partial charge on any atom is 0.220 e. The lowest BCUT2D eigenvalue weighted by Gasteiger charge is -2.12. The highest BCUT2D eigenvalue weighted by atomic mass is 16.1. The predicted octanol–water partition coefficient (Wildman–Crippen LogP) is 1.72. The van der Waals surface area contributed by atoms with E-state index >= 15 is 0 Å². The average Bonchev–Trinajstić information content (AvgIpc) is 2.96. The second-order valence-corrected chi connectivity index (χ2v) is 4.91. The quantitative estimate of drug-likeness (QED) is 0.842. The summed E-state index contributed by atoms with van der Waals surface area (Å²) in [4.78, 5) is 20.6. The Morgan fingerprint density at radius 2 is 2.05 bits per heavy atom. The second kappa shape index (κ2) is 6.75. The number of amides is 1. The SMILES string of the molecule is CN(C)c1ccc(CCC(=O)NCc2cnc[nH]2)cc1. The van der Waals surface area contributed by atoms with Crippen LogP contribution in [0, 0.1) is 0 Å². The van der Waals surface area contributed by atoms with E-state index in [1.54, 1.807) is 12.5 Å². The Morgan fingerprint density at radius 3 is 2.65 bits per heavy atom. The minimum Gasteiger partial charge on any atom is -0.378 e. The highest BCUT2D eigenvalue weighted by molar-refractivity contribution is 5.76. The van der Waals surface area contributed by atoms with Gasteiger partial charge in [0.05, 0.1) is 18.6 Å². The van der Waals surface area contributed by atoms with Gasteiger partial charge in [0.2, 0.25) is 5.91 Å². The molecule has 5 nitrogen and oxygen atoms in total. The normalized spacial score (nSPS) is 10.3. The Bertz CT molecular complexity index is 532. The second-order valence-electron chi connectivity index (χ2n) is 4.91. The summed E-state index contributed by atoms with van der Waals surface area (Å²) in [5, 5.41) is 2.87. The predicted molar refractivity (Wildman–Crippen MR) is 79.5 cm³/mol. The first-order valence-corrected chi connectivity index (χ1v) is 6.65. The van der Waals surface area contributed by atoms with E-state index in [0.29, 0.717) is 13.0 Å². The van der Waals surface area contributed by atoms with Crippen molar-refractivity contribution >= 4 is 11.6 Å². The number of nitrogens with one attached hydrogen (secondary N) is 2. The molecule has 5 heteroatoms. The van der Waals surface area contributed by atoms with E-state index in [1.165, 1.54) is 5.56 Å². The standard InChI is InChI=1S/C15H20N4O/c1-19(2)14-6-3-12(4-7-14)5-8-15(20)17-10-13-9-16-11-18-13/h3-4,6-7,9,11H,5,8,10H2,1-2H3,(H,16,18)(H,17,20). The lowest BCUT2D eigenvalue weighted by molar-refractivity contribution is -0.121. The number of anilines is 1. The van der Waals surface area contributed by atoms with Crippen LogP contribution < -0.4 is 10.2 Å². The molecule has 2 rings (SSSR count). The highest BCUT2D eigenvalue weighted by Crippen LogP contribution is 2.13. The molecule has 1 aromatic carbocycles. The summed E-state index contributed by atoms with van der Waals surface area (Å²) in [7, 11) is 4.02. The van der Waals surface area contributed by atoms with Crippen molar-refractivity contribution in [2.45, 2.75) is 19.4 Å². The Hall–Kier alpha value is -2.30. The van der Waals surface area contributed by atoms with Gasteiger partial charge < -0.3 is 15.2 Å². The third-order valence-electron chi connectivity index (χ3n) is 3.12. The number of hydrogen-bond donors (Lipinski definition) is 2. The lowest BCUT2D eigenvalue weighted by atomic mass is 10.1. The molecule has 0 unspecified atom stereocenters. The smallest absolute Gasteiger partial charge is 0.220 e. The Morgan fingerprint density at radius 1 is 1.30 bits per heavy atom. The largest absolute Gasteiger partial charge is 0.378 e. The van der Waals surface area contributed by atoms with E-state index in [0.717, 1.165) is 17.8 Å². The summed E-state index contributed by atoms with van der Waals surface area (Å²) in [5.74, 6) is 0.0521. The molecule has 1 aromatic heterocycles. The van der Waals surface area contributed by atoms with Gasteiger partial charge in [0.15, 0.2) is 0 Å². The minimum atomic E-state index is 0.0521. The van der Waals surface area contributed by atoms with Crippen LogP contribution in [-0.2, 0) is 17.8 Å². The van der Waals surface area contributed by atoms with Crippen LogP contribution >= 0.6 is 0 Å². The van der Waals surface area contributed by atoms with Crippen LogP contribution in [0.1, 0.15) is 17.7 Å². The fourth-order valence-corrected chi connectivity index (χ4v) is 1.88. The van der Waals surface area contributed by atoms with Gasteiger partial charge in [0.25, 0.3) is 0 Å². The number of carbonyl (C=O) groups is 1. The van der Waals surface area contributed by atoms with E-state index in [1.807, 2.05) is 14.1 Å². The molecule has 0 aliphatic heterocycles. The molecule has 1 heterocycles. The minimum absolute atomic E-state index is 0.0521. The number of carbonyl (C=O) groups excluding carboxylic acids is 1. The van der Waals surface area contributed by atoms with Crippen LogP contribution in [0.5, 0.6) is 0 Å². The molecule has 0 bridgehead atoms. The molecule has 0 aliphatic rings. The number of aromatic amines is 1. The molecular formula is C15H20N4O. The zero-order chi connectivity index (χ0) is 14.4. The number of H-pyrrole nitrogens is 1. The maximum absolute atomic E-state index is 11.7. The van der Waals surface area contributed by atoms with E-state index in [-0.39, 0.29) is 5.91 Å². The van der Waals surface area contributed by atoms with Gasteiger partial charge in [-0.1, -0.05) is 12.1 Å². The molecule has 20 heavy (non-hydrogen) atoms. The number of nitrogens with zero attached hydrogens (tertiary/aromatic N) is 2. The fourth-order valence-electron chi connectivity index (χ4n) is 1.88. The van der Waals surface area contributed by atoms with Crippen molar-refractivity contribution in [2.75, 3.05) is 19.0 Å². The molecule has 1 amide bonds. The Kier molecular flexibility index (Phi) is 4.76. The molecule has 0 fully saturated rings. The van der Waals surface area contributed by atoms with Crippen molar-refractivity contribution < 1.29 is 4.79 Å². The monoisotopic (exact) mass is 272 g/mol. The highest BCUT2D eigenvalue weighted by Gasteiger charge is 2.03. The first-order valence-electron chi connectivity index (χ1n) is 6.65. The molecule has 0 spiro atoms. The molecule has 0 aliphatic carbocycles. The van der Waals surface area contributed by atoms with E-state index in [2.05, 4.69) is 44.5 Å². The number of hydrogen-bond acceptors (Lipinski definition) is 3. The summed E-state index contributed by atoms with van der Waals surface area (Å²) in [6.07, 6.45) is 4.56. The van der Waals surface area contributed by atoms with E-state index < -0.39 is 0 Å². The van der Waals surface area contributed by atoms with Crippen molar-refractivity contribution in [1.82, 2.24) is 15.3 Å². The molecular weight excluding hydrogens is 252 g/mol. The van der Waals surface area contributed by atoms with E-state index in [9.17, 15) is 4.79 Å². The van der Waals surface area contributed by atoms with Gasteiger partial charge in [-0.2, -0.15) is 0 Å². The summed E-state index contributed by atoms with van der Waals surface area (Å²) in [6, 6.07) is 8.27. The topological polar surface area (TPSA) is 61.0 Å². The molecule has 2 N–H and O–H groups in total. The van der Waals surface area contributed by atoms with Gasteiger partial charge in [-0.25, -0.2) is 4.98 Å². The van der Waals surface area contributed by atoms with Crippen LogP contribution in [0.4, 0.5) is 5.69 Å². The average molecular weight is 272 g/mol. The maximum atomic E-state index is 11.7. The van der Waals surface area contributed by atoms with Crippen LogP contribution in [0.15, 0.2) is 36.8 Å². The Balaban J connectivity index is 1.75. The summed E-state index contributed by atoms with van der Waals surface area (Å²) in [5.41, 5.74) is 3.25. The lowest BCUT2D eigenvalue weighted by Crippen LogP contribution is -2.23. The zero-order valence-electron chi connectivity index (χ0n) is 11.9. The fraction of sp³-hybridized carbons (Fsp3) is 0.333. The van der Waals surface area contributed by atoms with Crippen LogP contribution in [0.2, 0.25) is 0 Å². The molecule has 2 aromatic rings. The zero-order valence-corrected chi connectivity index (χ0v) is 11.9. The number of rotatable bonds is 6. The molecule has 0 atom stereocenters. The molecule has 0 saturated heterocycles. The van der Waals surface area contributed by atoms with Gasteiger partial charge in [-0.05, 0) is 24.1 Å². The van der Waals surface area contributed by atoms with Crippen molar-refractivity contribution in [3.8, 4) is 0 Å². The third-order valence-corrected chi connectivity index (χ3v) is 3.12. The third kappa shape index (κ3) is 4.12. The van der Waals surface area contributed by atoms with Crippen molar-refractivity contribution in [1.29, 1.82) is 0 Å². The van der Waals surface area contributed by atoms with Gasteiger partial charge >= 0.3 is 0 Å². The van der Waals surface area contributed by atoms with Crippen molar-refractivity contribution in [2.24, 2.45) is 0 Å². The van der Waals surface area contributed by atoms with E-state index in [4.69, 9.17) is 0 Å². The number of imidazole rings is 1. The first-order chi connectivity index (χ1) is 9.65. The number of benzene rings is 1. The van der Waals surface area contributed by atoms with Crippen molar-refractivity contribution in [3.05, 3.63) is 48.0 Å². The molecule has 106 valence electrons. The molecule has 0 saturated carbocycles. The van der Waals surface area contributed by atoms with Gasteiger partial charge in [0, 0.05) is 32.4 Å². The van der Waals surface area contributed by atoms with Crippen LogP contribution in [0.25, 0.3) is 0 Å². The summed E-state index contributed by atoms with van der Waals surface area (Å²) >= 11 is 0. The van der Waals surface area contributed by atoms with Gasteiger partial charge in [0.1, 0.15) is 0 Å². The summed E-state index contributed by atoms with van der Waals surface area (Å²) < 4.78 is 0. The van der Waals surface area contributed by atoms with Crippen LogP contribution in [0.3, 0.4) is 0 Å². The van der Waals surface area contributed by atoms with Gasteiger partial charge in [-0.15, -0.1) is 0 Å². The Labute approximate surface area is 119 Å². The number of aryl methyl sites for hydroxylation is 1.